The number of alkyl carbamates (subject to hydrolysis) is 1. The molecule has 18 heteroatoms. The molecule has 0 aliphatic heterocycles. The first-order chi connectivity index (χ1) is 24.6. The molecular formula is C35H53N7O11. The number of methoxy groups -OCH3 is 1. The van der Waals surface area contributed by atoms with E-state index >= 15 is 0 Å². The third-order valence-electron chi connectivity index (χ3n) is 7.19. The van der Waals surface area contributed by atoms with Gasteiger partial charge < -0.3 is 56.0 Å². The quantitative estimate of drug-likeness (QED) is 0.0776. The maximum absolute atomic E-state index is 13.6. The van der Waals surface area contributed by atoms with Crippen molar-refractivity contribution in [2.45, 2.75) is 115 Å². The van der Waals surface area contributed by atoms with Crippen LogP contribution in [0, 0.1) is 0 Å². The van der Waals surface area contributed by atoms with Crippen LogP contribution in [-0.2, 0) is 57.6 Å². The molecule has 2 rings (SSSR count). The van der Waals surface area contributed by atoms with E-state index in [0.717, 1.165) is 7.11 Å². The van der Waals surface area contributed by atoms with Gasteiger partial charge in [-0.25, -0.2) is 14.6 Å². The van der Waals surface area contributed by atoms with Crippen molar-refractivity contribution in [3.63, 3.8) is 0 Å². The number of hydrogen-bond acceptors (Lipinski definition) is 13. The molecular weight excluding hydrogens is 694 g/mol. The average Bonchev–Trinajstić information content (AvgIpc) is 3.49. The van der Waals surface area contributed by atoms with Crippen molar-refractivity contribution < 1.29 is 53.2 Å². The molecule has 4 amide bonds. The van der Waals surface area contributed by atoms with Crippen molar-refractivity contribution in [3.8, 4) is 0 Å². The molecule has 53 heavy (non-hydrogen) atoms. The normalized spacial score (nSPS) is 15.0. The molecule has 0 spiro atoms. The Morgan fingerprint density at radius 3 is 1.94 bits per heavy atom. The Labute approximate surface area is 308 Å². The molecule has 1 heterocycles. The molecule has 1 aromatic carbocycles. The van der Waals surface area contributed by atoms with Crippen LogP contribution in [0.4, 0.5) is 4.79 Å². The molecule has 2 aromatic rings. The number of amides is 4. The van der Waals surface area contributed by atoms with Gasteiger partial charge >= 0.3 is 18.0 Å². The van der Waals surface area contributed by atoms with E-state index in [1.165, 1.54) is 24.0 Å². The molecule has 0 fully saturated rings. The van der Waals surface area contributed by atoms with E-state index in [1.807, 2.05) is 0 Å². The maximum atomic E-state index is 13.6. The fourth-order valence-corrected chi connectivity index (χ4v) is 4.73. The molecule has 0 unspecified atom stereocenters. The smallest absolute Gasteiger partial charge is 0.408 e. The van der Waals surface area contributed by atoms with E-state index in [9.17, 15) is 39.0 Å². The maximum Gasteiger partial charge on any atom is 0.408 e. The van der Waals surface area contributed by atoms with E-state index in [2.05, 4.69) is 26.3 Å². The van der Waals surface area contributed by atoms with E-state index in [1.54, 1.807) is 71.9 Å². The summed E-state index contributed by atoms with van der Waals surface area (Å²) in [5, 5.41) is 30.0. The molecule has 0 bridgehead atoms. The van der Waals surface area contributed by atoms with Crippen molar-refractivity contribution in [2.24, 2.45) is 5.73 Å². The third-order valence-corrected chi connectivity index (χ3v) is 7.19. The molecule has 0 aliphatic rings. The Morgan fingerprint density at radius 1 is 0.811 bits per heavy atom. The predicted molar refractivity (Wildman–Crippen MR) is 190 cm³/mol. The van der Waals surface area contributed by atoms with Crippen molar-refractivity contribution in [1.29, 1.82) is 0 Å². The number of rotatable bonds is 17. The molecule has 0 radical (unpaired) electrons. The number of esters is 2. The molecule has 0 saturated heterocycles. The van der Waals surface area contributed by atoms with Crippen LogP contribution < -0.4 is 27.0 Å². The summed E-state index contributed by atoms with van der Waals surface area (Å²) in [5.41, 5.74) is 5.31. The Morgan fingerprint density at radius 2 is 1.40 bits per heavy atom. The summed E-state index contributed by atoms with van der Waals surface area (Å²) >= 11 is 0. The van der Waals surface area contributed by atoms with Crippen molar-refractivity contribution in [3.05, 3.63) is 54.1 Å². The minimum absolute atomic E-state index is 0.00518. The van der Waals surface area contributed by atoms with E-state index in [-0.39, 0.29) is 25.1 Å². The van der Waals surface area contributed by atoms with Gasteiger partial charge in [-0.2, -0.15) is 0 Å². The number of aliphatic hydroxyl groups excluding tert-OH is 2. The van der Waals surface area contributed by atoms with Gasteiger partial charge in [0.15, 0.2) is 0 Å². The van der Waals surface area contributed by atoms with E-state index in [4.69, 9.17) is 19.9 Å². The van der Waals surface area contributed by atoms with Gasteiger partial charge in [0.2, 0.25) is 17.7 Å². The summed E-state index contributed by atoms with van der Waals surface area (Å²) in [6, 6.07) is 1.87. The van der Waals surface area contributed by atoms with Crippen LogP contribution in [-0.4, -0.2) is 117 Å². The molecule has 0 aliphatic carbocycles. The Bertz CT molecular complexity index is 1550. The Balaban J connectivity index is 2.22. The monoisotopic (exact) mass is 747 g/mol. The highest BCUT2D eigenvalue weighted by molar-refractivity contribution is 5.95. The molecule has 18 nitrogen and oxygen atoms in total. The largest absolute Gasteiger partial charge is 0.467 e. The minimum Gasteiger partial charge on any atom is -0.467 e. The minimum atomic E-state index is -1.68. The third kappa shape index (κ3) is 15.6. The number of nitrogens with two attached hydrogens (primary N) is 1. The summed E-state index contributed by atoms with van der Waals surface area (Å²) in [6.07, 6.45) is 0.209. The summed E-state index contributed by atoms with van der Waals surface area (Å²) in [4.78, 5) is 81.9. The lowest BCUT2D eigenvalue weighted by Gasteiger charge is -2.27. The summed E-state index contributed by atoms with van der Waals surface area (Å²) < 4.78 is 16.9. The fourth-order valence-electron chi connectivity index (χ4n) is 4.73. The SMILES string of the molecule is COC(=O)[C@H](Cc1ccccc1)NC(=O)[C@H](CO)NC(=O)[C@@H](NC(=O)[C@H](Cc1cn(C[C@@H](N)C(=O)OC(C)(C)C)cn1)NC(=O)OC(C)(C)C)[C@H](C)O. The van der Waals surface area contributed by atoms with Gasteiger partial charge in [-0.1, -0.05) is 30.3 Å². The van der Waals surface area contributed by atoms with E-state index in [0.29, 0.717) is 5.56 Å². The second-order valence-corrected chi connectivity index (χ2v) is 14.3. The number of hydrogen-bond donors (Lipinski definition) is 7. The molecule has 8 N–H and O–H groups in total. The van der Waals surface area contributed by atoms with Gasteiger partial charge in [0.25, 0.3) is 0 Å². The lowest BCUT2D eigenvalue weighted by molar-refractivity contribution is -0.156. The van der Waals surface area contributed by atoms with E-state index < -0.39 is 89.9 Å². The Kier molecular flexibility index (Phi) is 16.4. The zero-order valence-electron chi connectivity index (χ0n) is 31.4. The number of carbonyl (C=O) groups excluding carboxylic acids is 6. The Hall–Kier alpha value is -5.07. The van der Waals surface area contributed by atoms with Crippen molar-refractivity contribution >= 4 is 35.8 Å². The fraction of sp³-hybridized carbons (Fsp3) is 0.571. The highest BCUT2D eigenvalue weighted by Crippen LogP contribution is 2.11. The summed E-state index contributed by atoms with van der Waals surface area (Å²) in [7, 11) is 1.15. The van der Waals surface area contributed by atoms with Gasteiger partial charge in [-0.3, -0.25) is 19.2 Å². The number of ether oxygens (including phenoxy) is 3. The van der Waals surface area contributed by atoms with Crippen molar-refractivity contribution in [2.75, 3.05) is 13.7 Å². The van der Waals surface area contributed by atoms with Crippen LogP contribution in [0.15, 0.2) is 42.9 Å². The average molecular weight is 748 g/mol. The molecule has 6 atom stereocenters. The lowest BCUT2D eigenvalue weighted by Crippen LogP contribution is -2.61. The standard InChI is InChI=1S/C35H53N7O11/c1-20(44)27(30(47)39-26(18-43)29(46)38-25(32(49)51-8)14-21-12-10-9-11-13-21)41-28(45)24(40-33(50)53-35(5,6)7)15-22-16-42(19-37-22)17-23(36)31(48)52-34(2,3)4/h9-13,16,19-20,23-27,43-44H,14-15,17-18,36H2,1-8H3,(H,38,46)(H,39,47)(H,40,50)(H,41,45)/t20-,23+,24-,25-,26-,27-/m0/s1. The van der Waals surface area contributed by atoms with Crippen LogP contribution in [0.3, 0.4) is 0 Å². The van der Waals surface area contributed by atoms with Gasteiger partial charge in [0.05, 0.1) is 31.8 Å². The molecule has 1 aromatic heterocycles. The first-order valence-corrected chi connectivity index (χ1v) is 16.9. The van der Waals surface area contributed by atoms with Gasteiger partial charge in [-0.15, -0.1) is 0 Å². The molecule has 294 valence electrons. The predicted octanol–water partition coefficient (Wildman–Crippen LogP) is -0.769. The number of carbonyl (C=O) groups is 6. The number of benzene rings is 1. The first kappa shape index (κ1) is 44.1. The second kappa shape index (κ2) is 19.7. The van der Waals surface area contributed by atoms with Gasteiger partial charge in [0, 0.05) is 25.6 Å². The highest BCUT2D eigenvalue weighted by atomic mass is 16.6. The number of aliphatic hydroxyl groups is 2. The van der Waals surface area contributed by atoms with Crippen LogP contribution in [0.1, 0.15) is 59.7 Å². The second-order valence-electron chi connectivity index (χ2n) is 14.3. The summed E-state index contributed by atoms with van der Waals surface area (Å²) in [5.74, 6) is -4.32. The number of aromatic nitrogens is 2. The van der Waals surface area contributed by atoms with Gasteiger partial charge in [0.1, 0.15) is 41.4 Å². The topological polar surface area (TPSA) is 263 Å². The molecule has 0 saturated carbocycles. The van der Waals surface area contributed by atoms with Gasteiger partial charge in [-0.05, 0) is 54.0 Å². The van der Waals surface area contributed by atoms with Crippen LogP contribution in [0.2, 0.25) is 0 Å². The van der Waals surface area contributed by atoms with Crippen LogP contribution in [0.25, 0.3) is 0 Å². The number of nitrogens with one attached hydrogen (secondary N) is 4. The first-order valence-electron chi connectivity index (χ1n) is 16.9. The summed E-state index contributed by atoms with van der Waals surface area (Å²) in [6.45, 7) is 10.3. The number of nitrogens with zero attached hydrogens (tertiary/aromatic N) is 2. The van der Waals surface area contributed by atoms with Crippen LogP contribution >= 0.6 is 0 Å². The lowest BCUT2D eigenvalue weighted by atomic mass is 10.1. The zero-order valence-corrected chi connectivity index (χ0v) is 31.4. The number of imidazole rings is 1. The highest BCUT2D eigenvalue weighted by Gasteiger charge is 2.34. The zero-order chi connectivity index (χ0) is 40.1. The van der Waals surface area contributed by atoms with Crippen molar-refractivity contribution in [1.82, 2.24) is 30.8 Å². The van der Waals surface area contributed by atoms with Crippen LogP contribution in [0.5, 0.6) is 0 Å².